The fraction of sp³-hybridized carbons (Fsp3) is 0.364. The van der Waals surface area contributed by atoms with Crippen molar-refractivity contribution in [3.63, 3.8) is 0 Å². The Kier molecular flexibility index (Phi) is 9.54. The van der Waals surface area contributed by atoms with E-state index in [0.29, 0.717) is 27.8 Å². The zero-order valence-electron chi connectivity index (χ0n) is 19.0. The predicted molar refractivity (Wildman–Crippen MR) is 132 cm³/mol. The Morgan fingerprint density at radius 3 is 2.21 bits per heavy atom. The van der Waals surface area contributed by atoms with Crippen molar-refractivity contribution in [1.29, 1.82) is 0 Å². The Balaban J connectivity index is 2.44. The van der Waals surface area contributed by atoms with Gasteiger partial charge in [-0.1, -0.05) is 47.5 Å². The minimum Gasteiger partial charge on any atom is -0.355 e. The van der Waals surface area contributed by atoms with Crippen molar-refractivity contribution < 1.29 is 18.0 Å². The molecule has 0 radical (unpaired) electrons. The van der Waals surface area contributed by atoms with Gasteiger partial charge in [-0.15, -0.1) is 0 Å². The van der Waals surface area contributed by atoms with E-state index in [-0.39, 0.29) is 12.5 Å². The highest BCUT2D eigenvalue weighted by Gasteiger charge is 2.32. The maximum Gasteiger partial charge on any atom is 0.304 e. The van der Waals surface area contributed by atoms with E-state index in [1.807, 2.05) is 0 Å². The fourth-order valence-electron chi connectivity index (χ4n) is 3.05. The molecule has 1 atom stereocenters. The molecule has 2 amide bonds. The van der Waals surface area contributed by atoms with E-state index < -0.39 is 28.7 Å². The summed E-state index contributed by atoms with van der Waals surface area (Å²) in [5.74, 6) is -0.901. The molecule has 2 aromatic carbocycles. The topological polar surface area (TPSA) is 90.0 Å². The molecule has 0 spiro atoms. The van der Waals surface area contributed by atoms with Gasteiger partial charge in [-0.3, -0.25) is 9.59 Å². The first-order chi connectivity index (χ1) is 15.5. The summed E-state index contributed by atoms with van der Waals surface area (Å²) in [5.41, 5.74) is 0.982. The summed E-state index contributed by atoms with van der Waals surface area (Å²) in [7, 11) is -1.20. The number of para-hydroxylation sites is 1. The molecule has 1 N–H and O–H groups in total. The van der Waals surface area contributed by atoms with Gasteiger partial charge in [0.1, 0.15) is 12.6 Å². The van der Waals surface area contributed by atoms with Crippen molar-refractivity contribution in [2.45, 2.75) is 26.4 Å². The van der Waals surface area contributed by atoms with Crippen LogP contribution < -0.4 is 9.62 Å². The lowest BCUT2D eigenvalue weighted by molar-refractivity contribution is -0.139. The van der Waals surface area contributed by atoms with E-state index >= 15 is 0 Å². The molecule has 2 rings (SSSR count). The number of nitrogens with one attached hydrogen (secondary N) is 1. The Hall–Kier alpha value is -2.33. The van der Waals surface area contributed by atoms with Crippen LogP contribution in [0, 0.1) is 0 Å². The molecule has 0 aliphatic carbocycles. The van der Waals surface area contributed by atoms with Gasteiger partial charge in [-0.05, 0) is 43.7 Å². The van der Waals surface area contributed by atoms with Crippen molar-refractivity contribution in [3.05, 3.63) is 64.1 Å². The van der Waals surface area contributed by atoms with Crippen LogP contribution in [0.15, 0.2) is 48.5 Å². The zero-order valence-corrected chi connectivity index (χ0v) is 21.3. The number of hydrogen-bond donors (Lipinski definition) is 1. The second kappa shape index (κ2) is 11.7. The first-order valence-electron chi connectivity index (χ1n) is 10.2. The van der Waals surface area contributed by atoms with Gasteiger partial charge >= 0.3 is 10.2 Å². The highest BCUT2D eigenvalue weighted by atomic mass is 35.5. The first kappa shape index (κ1) is 26.9. The standard InChI is InChI=1S/C22H28Cl2N4O4S/c1-5-25-22(30)16(2)27(14-17-11-12-19(23)20(24)13-17)21(29)15-28(33(31,32)26(3)4)18-9-7-6-8-10-18/h6-13,16H,5,14-15H2,1-4H3,(H,25,30)/t16-/m1/s1. The molecule has 11 heteroatoms. The Labute approximate surface area is 205 Å². The van der Waals surface area contributed by atoms with E-state index in [4.69, 9.17) is 23.2 Å². The van der Waals surface area contributed by atoms with Crippen LogP contribution in [-0.2, 0) is 26.3 Å². The molecule has 0 bridgehead atoms. The van der Waals surface area contributed by atoms with Gasteiger partial charge in [0.15, 0.2) is 0 Å². The summed E-state index contributed by atoms with van der Waals surface area (Å²) in [5, 5.41) is 3.38. The Morgan fingerprint density at radius 2 is 1.67 bits per heavy atom. The van der Waals surface area contributed by atoms with Gasteiger partial charge in [0.2, 0.25) is 11.8 Å². The molecule has 0 heterocycles. The third-order valence-electron chi connectivity index (χ3n) is 4.92. The van der Waals surface area contributed by atoms with Crippen molar-refractivity contribution in [1.82, 2.24) is 14.5 Å². The summed E-state index contributed by atoms with van der Waals surface area (Å²) in [6.45, 7) is 3.31. The van der Waals surface area contributed by atoms with Crippen molar-refractivity contribution >= 4 is 50.9 Å². The number of hydrogen-bond acceptors (Lipinski definition) is 4. The van der Waals surface area contributed by atoms with Gasteiger partial charge < -0.3 is 10.2 Å². The largest absolute Gasteiger partial charge is 0.355 e. The highest BCUT2D eigenvalue weighted by molar-refractivity contribution is 7.90. The van der Waals surface area contributed by atoms with Crippen LogP contribution in [0.2, 0.25) is 10.0 Å². The molecule has 180 valence electrons. The van der Waals surface area contributed by atoms with Crippen LogP contribution in [0.3, 0.4) is 0 Å². The molecule has 0 saturated carbocycles. The fourth-order valence-corrected chi connectivity index (χ4v) is 4.43. The number of carbonyl (C=O) groups is 2. The molecule has 33 heavy (non-hydrogen) atoms. The summed E-state index contributed by atoms with van der Waals surface area (Å²) in [6.07, 6.45) is 0. The number of anilines is 1. The predicted octanol–water partition coefficient (Wildman–Crippen LogP) is 3.16. The molecule has 0 saturated heterocycles. The molecule has 0 fully saturated rings. The highest BCUT2D eigenvalue weighted by Crippen LogP contribution is 2.24. The quantitative estimate of drug-likeness (QED) is 0.527. The number of rotatable bonds is 10. The minimum absolute atomic E-state index is 0.0403. The monoisotopic (exact) mass is 514 g/mol. The van der Waals surface area contributed by atoms with Crippen molar-refractivity contribution in [3.8, 4) is 0 Å². The molecule has 0 aliphatic rings. The van der Waals surface area contributed by atoms with Crippen LogP contribution >= 0.6 is 23.2 Å². The molecular weight excluding hydrogens is 487 g/mol. The average molecular weight is 515 g/mol. The normalized spacial score (nSPS) is 12.3. The van der Waals surface area contributed by atoms with Gasteiger partial charge in [0.25, 0.3) is 0 Å². The SMILES string of the molecule is CCNC(=O)[C@@H](C)N(Cc1ccc(Cl)c(Cl)c1)C(=O)CN(c1ccccc1)S(=O)(=O)N(C)C. The van der Waals surface area contributed by atoms with Crippen LogP contribution in [-0.4, -0.2) is 62.7 Å². The van der Waals surface area contributed by atoms with Gasteiger partial charge in [0, 0.05) is 27.2 Å². The Bertz CT molecular complexity index is 1080. The molecular formula is C22H28Cl2N4O4S. The molecule has 2 aromatic rings. The molecule has 0 aliphatic heterocycles. The van der Waals surface area contributed by atoms with Gasteiger partial charge in [-0.25, -0.2) is 4.31 Å². The molecule has 8 nitrogen and oxygen atoms in total. The number of carbonyl (C=O) groups excluding carboxylic acids is 2. The summed E-state index contributed by atoms with van der Waals surface area (Å²) in [6, 6.07) is 12.4. The van der Waals surface area contributed by atoms with E-state index in [2.05, 4.69) is 5.32 Å². The third-order valence-corrected chi connectivity index (χ3v) is 7.48. The second-order valence-corrected chi connectivity index (χ2v) is 10.4. The Morgan fingerprint density at radius 1 is 1.03 bits per heavy atom. The molecule has 0 aromatic heterocycles. The van der Waals surface area contributed by atoms with E-state index in [9.17, 15) is 18.0 Å². The lowest BCUT2D eigenvalue weighted by atomic mass is 10.1. The number of likely N-dealkylation sites (N-methyl/N-ethyl adjacent to an activating group) is 1. The second-order valence-electron chi connectivity index (χ2n) is 7.47. The zero-order chi connectivity index (χ0) is 24.8. The van der Waals surface area contributed by atoms with Crippen LogP contribution in [0.1, 0.15) is 19.4 Å². The lowest BCUT2D eigenvalue weighted by Gasteiger charge is -2.32. The van der Waals surface area contributed by atoms with E-state index in [0.717, 1.165) is 8.61 Å². The number of benzene rings is 2. The summed E-state index contributed by atoms with van der Waals surface area (Å²) < 4.78 is 28.1. The van der Waals surface area contributed by atoms with Crippen molar-refractivity contribution in [2.24, 2.45) is 0 Å². The summed E-state index contributed by atoms with van der Waals surface area (Å²) in [4.78, 5) is 27.4. The maximum atomic E-state index is 13.5. The minimum atomic E-state index is -3.98. The molecule has 0 unspecified atom stereocenters. The lowest BCUT2D eigenvalue weighted by Crippen LogP contribution is -2.52. The van der Waals surface area contributed by atoms with E-state index in [1.54, 1.807) is 62.4 Å². The first-order valence-corrected chi connectivity index (χ1v) is 12.4. The van der Waals surface area contributed by atoms with Gasteiger partial charge in [-0.2, -0.15) is 12.7 Å². The number of nitrogens with zero attached hydrogens (tertiary/aromatic N) is 3. The van der Waals surface area contributed by atoms with Crippen LogP contribution in [0.25, 0.3) is 0 Å². The smallest absolute Gasteiger partial charge is 0.304 e. The number of amides is 2. The van der Waals surface area contributed by atoms with Crippen LogP contribution in [0.4, 0.5) is 5.69 Å². The van der Waals surface area contributed by atoms with Crippen molar-refractivity contribution in [2.75, 3.05) is 31.5 Å². The van der Waals surface area contributed by atoms with Gasteiger partial charge in [0.05, 0.1) is 15.7 Å². The maximum absolute atomic E-state index is 13.5. The van der Waals surface area contributed by atoms with E-state index in [1.165, 1.54) is 19.0 Å². The summed E-state index contributed by atoms with van der Waals surface area (Å²) >= 11 is 12.1. The average Bonchev–Trinajstić information content (AvgIpc) is 2.78. The van der Waals surface area contributed by atoms with Crippen LogP contribution in [0.5, 0.6) is 0 Å². The third kappa shape index (κ3) is 6.83. The number of halogens is 2.